The van der Waals surface area contributed by atoms with E-state index in [1.54, 1.807) is 39.3 Å². The summed E-state index contributed by atoms with van der Waals surface area (Å²) in [5.74, 6) is 1.81. The van der Waals surface area contributed by atoms with Crippen LogP contribution >= 0.6 is 0 Å². The first kappa shape index (κ1) is 20.9. The molecule has 0 unspecified atom stereocenters. The molecule has 0 aliphatic heterocycles. The number of urea groups is 1. The van der Waals surface area contributed by atoms with Gasteiger partial charge in [0.25, 0.3) is 5.56 Å². The quantitative estimate of drug-likeness (QED) is 0.546. The number of methoxy groups -OCH3 is 2. The number of amides is 2. The Hall–Kier alpha value is -3.82. The first-order valence-electron chi connectivity index (χ1n) is 9.36. The van der Waals surface area contributed by atoms with Gasteiger partial charge in [0.2, 0.25) is 5.95 Å². The number of rotatable bonds is 7. The number of aryl methyl sites for hydroxylation is 2. The van der Waals surface area contributed by atoms with Gasteiger partial charge < -0.3 is 14.8 Å². The fraction of sp³-hybridized carbons (Fsp3) is 0.300. The Morgan fingerprint density at radius 2 is 1.93 bits per heavy atom. The van der Waals surface area contributed by atoms with Crippen LogP contribution in [-0.2, 0) is 13.0 Å². The van der Waals surface area contributed by atoms with Gasteiger partial charge in [-0.25, -0.2) is 9.78 Å². The summed E-state index contributed by atoms with van der Waals surface area (Å²) < 4.78 is 11.9. The van der Waals surface area contributed by atoms with Crippen LogP contribution in [0.4, 0.5) is 10.6 Å². The molecular weight excluding hydrogens is 388 g/mol. The second kappa shape index (κ2) is 9.12. The van der Waals surface area contributed by atoms with Gasteiger partial charge in [0.15, 0.2) is 11.5 Å². The third-order valence-electron chi connectivity index (χ3n) is 4.32. The maximum absolute atomic E-state index is 12.4. The molecule has 0 radical (unpaired) electrons. The molecule has 0 aliphatic rings. The van der Waals surface area contributed by atoms with Crippen molar-refractivity contribution in [3.63, 3.8) is 0 Å². The maximum Gasteiger partial charge on any atom is 0.320 e. The molecule has 2 amide bonds. The molecule has 0 saturated carbocycles. The molecular formula is C20H24N6O4. The van der Waals surface area contributed by atoms with Crippen molar-refractivity contribution in [3.05, 3.63) is 57.6 Å². The van der Waals surface area contributed by atoms with Gasteiger partial charge in [-0.15, -0.1) is 0 Å². The number of carbonyl (C=O) groups is 1. The fourth-order valence-corrected chi connectivity index (χ4v) is 2.86. The second-order valence-corrected chi connectivity index (χ2v) is 6.49. The van der Waals surface area contributed by atoms with Crippen LogP contribution in [-0.4, -0.2) is 40.0 Å². The molecule has 10 heteroatoms. The lowest BCUT2D eigenvalue weighted by molar-refractivity contribution is 0.251. The summed E-state index contributed by atoms with van der Waals surface area (Å²) in [5, 5.41) is 9.84. The van der Waals surface area contributed by atoms with Crippen LogP contribution < -0.4 is 25.7 Å². The van der Waals surface area contributed by atoms with E-state index in [0.29, 0.717) is 35.1 Å². The summed E-state index contributed by atoms with van der Waals surface area (Å²) >= 11 is 0. The van der Waals surface area contributed by atoms with Crippen LogP contribution in [0.15, 0.2) is 35.1 Å². The maximum atomic E-state index is 12.4. The van der Waals surface area contributed by atoms with E-state index in [-0.39, 0.29) is 18.1 Å². The molecule has 158 valence electrons. The van der Waals surface area contributed by atoms with Crippen LogP contribution in [0.1, 0.15) is 23.9 Å². The van der Waals surface area contributed by atoms with E-state index in [0.717, 1.165) is 5.56 Å². The number of nitrogens with zero attached hydrogens (tertiary/aromatic N) is 3. The number of aromatic nitrogens is 4. The molecule has 3 rings (SSSR count). The Balaban J connectivity index is 1.74. The Kier molecular flexibility index (Phi) is 6.35. The van der Waals surface area contributed by atoms with E-state index in [2.05, 4.69) is 25.7 Å². The van der Waals surface area contributed by atoms with Crippen molar-refractivity contribution in [1.82, 2.24) is 25.1 Å². The minimum atomic E-state index is -0.431. The fourth-order valence-electron chi connectivity index (χ4n) is 2.86. The van der Waals surface area contributed by atoms with E-state index in [4.69, 9.17) is 9.47 Å². The largest absolute Gasteiger partial charge is 0.493 e. The molecule has 3 aromatic rings. The van der Waals surface area contributed by atoms with Crippen molar-refractivity contribution in [3.8, 4) is 17.4 Å². The van der Waals surface area contributed by atoms with E-state index >= 15 is 0 Å². The normalized spacial score (nSPS) is 10.5. The Labute approximate surface area is 173 Å². The zero-order chi connectivity index (χ0) is 21.7. The van der Waals surface area contributed by atoms with Crippen molar-refractivity contribution >= 4 is 11.8 Å². The number of ether oxygens (including phenoxy) is 2. The number of carbonyl (C=O) groups excluding carboxylic acids is 1. The topological polar surface area (TPSA) is 123 Å². The molecule has 2 heterocycles. The van der Waals surface area contributed by atoms with Crippen molar-refractivity contribution in [2.75, 3.05) is 19.5 Å². The van der Waals surface area contributed by atoms with Crippen LogP contribution in [0.25, 0.3) is 5.95 Å². The van der Waals surface area contributed by atoms with Crippen LogP contribution in [0, 0.1) is 6.92 Å². The molecule has 0 fully saturated rings. The van der Waals surface area contributed by atoms with Gasteiger partial charge >= 0.3 is 6.03 Å². The van der Waals surface area contributed by atoms with Crippen LogP contribution in [0.2, 0.25) is 0 Å². The smallest absolute Gasteiger partial charge is 0.320 e. The third-order valence-corrected chi connectivity index (χ3v) is 4.32. The average molecular weight is 412 g/mol. The number of H-pyrrole nitrogens is 1. The first-order chi connectivity index (χ1) is 14.4. The average Bonchev–Trinajstić information content (AvgIpc) is 3.11. The van der Waals surface area contributed by atoms with Gasteiger partial charge in [0, 0.05) is 24.4 Å². The number of benzene rings is 1. The SMILES string of the molecule is CCc1cc(=O)[nH]c(-n2nc(C)cc2NC(=O)NCc2ccc(OC)c(OC)c2)n1. The van der Waals surface area contributed by atoms with Crippen molar-refractivity contribution in [1.29, 1.82) is 0 Å². The molecule has 0 aliphatic carbocycles. The number of hydrogen-bond donors (Lipinski definition) is 3. The predicted octanol–water partition coefficient (Wildman–Crippen LogP) is 2.17. The lowest BCUT2D eigenvalue weighted by Gasteiger charge is -2.12. The molecule has 0 atom stereocenters. The van der Waals surface area contributed by atoms with E-state index in [1.807, 2.05) is 13.0 Å². The number of anilines is 1. The van der Waals surface area contributed by atoms with Crippen molar-refractivity contribution in [2.24, 2.45) is 0 Å². The van der Waals surface area contributed by atoms with E-state index in [1.165, 1.54) is 10.7 Å². The first-order valence-corrected chi connectivity index (χ1v) is 9.36. The number of hydrogen-bond acceptors (Lipinski definition) is 6. The highest BCUT2D eigenvalue weighted by Gasteiger charge is 2.14. The van der Waals surface area contributed by atoms with Crippen LogP contribution in [0.3, 0.4) is 0 Å². The standard InChI is InChI=1S/C20H24N6O4/c1-5-14-10-18(27)24-19(22-14)26-17(8-12(2)25-26)23-20(28)21-11-13-6-7-15(29-3)16(9-13)30-4/h6-10H,5,11H2,1-4H3,(H2,21,23,28)(H,22,24,27). The summed E-state index contributed by atoms with van der Waals surface area (Å²) in [6, 6.07) is 8.09. The van der Waals surface area contributed by atoms with Gasteiger partial charge in [-0.3, -0.25) is 15.1 Å². The molecule has 3 N–H and O–H groups in total. The molecule has 1 aromatic carbocycles. The van der Waals surface area contributed by atoms with E-state index in [9.17, 15) is 9.59 Å². The Bertz CT molecular complexity index is 1100. The molecule has 10 nitrogen and oxygen atoms in total. The summed E-state index contributed by atoms with van der Waals surface area (Å²) in [7, 11) is 3.11. The summed E-state index contributed by atoms with van der Waals surface area (Å²) in [5.41, 5.74) is 1.85. The Morgan fingerprint density at radius 1 is 1.17 bits per heavy atom. The third kappa shape index (κ3) is 4.77. The summed E-state index contributed by atoms with van der Waals surface area (Å²) in [6.45, 7) is 3.96. The number of aromatic amines is 1. The highest BCUT2D eigenvalue weighted by atomic mass is 16.5. The lowest BCUT2D eigenvalue weighted by atomic mass is 10.2. The zero-order valence-corrected chi connectivity index (χ0v) is 17.3. The molecule has 0 saturated heterocycles. The van der Waals surface area contributed by atoms with Gasteiger partial charge in [-0.05, 0) is 31.0 Å². The summed E-state index contributed by atoms with van der Waals surface area (Å²) in [6.07, 6.45) is 0.603. The minimum Gasteiger partial charge on any atom is -0.493 e. The number of nitrogens with one attached hydrogen (secondary N) is 3. The minimum absolute atomic E-state index is 0.239. The molecule has 30 heavy (non-hydrogen) atoms. The monoisotopic (exact) mass is 412 g/mol. The highest BCUT2D eigenvalue weighted by Crippen LogP contribution is 2.27. The van der Waals surface area contributed by atoms with Crippen molar-refractivity contribution in [2.45, 2.75) is 26.8 Å². The molecule has 0 bridgehead atoms. The lowest BCUT2D eigenvalue weighted by Crippen LogP contribution is -2.29. The second-order valence-electron chi connectivity index (χ2n) is 6.49. The molecule has 2 aromatic heterocycles. The van der Waals surface area contributed by atoms with Gasteiger partial charge in [-0.1, -0.05) is 13.0 Å². The van der Waals surface area contributed by atoms with Crippen LogP contribution in [0.5, 0.6) is 11.5 Å². The van der Waals surface area contributed by atoms with Crippen molar-refractivity contribution < 1.29 is 14.3 Å². The predicted molar refractivity (Wildman–Crippen MR) is 111 cm³/mol. The van der Waals surface area contributed by atoms with Gasteiger partial charge in [-0.2, -0.15) is 9.78 Å². The van der Waals surface area contributed by atoms with Gasteiger partial charge in [0.1, 0.15) is 5.82 Å². The summed E-state index contributed by atoms with van der Waals surface area (Å²) in [4.78, 5) is 31.3. The molecule has 0 spiro atoms. The van der Waals surface area contributed by atoms with Gasteiger partial charge in [0.05, 0.1) is 19.9 Å². The highest BCUT2D eigenvalue weighted by molar-refractivity contribution is 5.88. The Morgan fingerprint density at radius 3 is 2.63 bits per heavy atom. The zero-order valence-electron chi connectivity index (χ0n) is 17.3. The van der Waals surface area contributed by atoms with E-state index < -0.39 is 6.03 Å².